The van der Waals surface area contributed by atoms with Crippen LogP contribution in [0.3, 0.4) is 0 Å². The predicted octanol–water partition coefficient (Wildman–Crippen LogP) is 2.69. The van der Waals surface area contributed by atoms with E-state index in [0.717, 1.165) is 38.0 Å². The topological polar surface area (TPSA) is 63.7 Å². The zero-order chi connectivity index (χ0) is 20.0. The van der Waals surface area contributed by atoms with Gasteiger partial charge in [0, 0.05) is 30.5 Å². The molecular weight excluding hydrogens is 357 g/mol. The summed E-state index contributed by atoms with van der Waals surface area (Å²) >= 11 is 0. The molecule has 27 heavy (non-hydrogen) atoms. The van der Waals surface area contributed by atoms with Crippen LogP contribution in [-0.2, 0) is 18.8 Å². The summed E-state index contributed by atoms with van der Waals surface area (Å²) in [5.41, 5.74) is -0.172. The minimum atomic E-state index is -1.95. The Balaban J connectivity index is 1.95. The van der Waals surface area contributed by atoms with Gasteiger partial charge in [0.25, 0.3) is 7.41 Å². The maximum atomic E-state index is 11.9. The van der Waals surface area contributed by atoms with Gasteiger partial charge in [0.2, 0.25) is 0 Å². The summed E-state index contributed by atoms with van der Waals surface area (Å²) in [6.07, 6.45) is 6.62. The van der Waals surface area contributed by atoms with Crippen molar-refractivity contribution in [3.63, 3.8) is 0 Å². The SMILES string of the molecule is CC(C)(C)[Si](C)(C)OC[C@@H]1C2C(C=O)CC(C=O)C23CCCC3N1[B]C=O. The van der Waals surface area contributed by atoms with E-state index in [9.17, 15) is 14.4 Å². The molecule has 0 aromatic heterocycles. The number of carbonyl (C=O) groups excluding carboxylic acids is 3. The van der Waals surface area contributed by atoms with Crippen LogP contribution in [0.4, 0.5) is 0 Å². The molecule has 0 aromatic rings. The molecule has 149 valence electrons. The minimum Gasteiger partial charge on any atom is -0.415 e. The molecule has 3 fully saturated rings. The first-order chi connectivity index (χ1) is 12.6. The second-order valence-electron chi connectivity index (χ2n) is 10.2. The van der Waals surface area contributed by atoms with E-state index in [0.29, 0.717) is 13.0 Å². The molecule has 1 heterocycles. The van der Waals surface area contributed by atoms with Gasteiger partial charge < -0.3 is 23.6 Å². The zero-order valence-electron chi connectivity index (χ0n) is 17.3. The predicted molar refractivity (Wildman–Crippen MR) is 109 cm³/mol. The minimum absolute atomic E-state index is 0.00484. The summed E-state index contributed by atoms with van der Waals surface area (Å²) < 4.78 is 6.54. The van der Waals surface area contributed by atoms with Gasteiger partial charge in [0.1, 0.15) is 12.6 Å². The molecule has 0 N–H and O–H groups in total. The molecule has 1 saturated heterocycles. The molecule has 0 aromatic carbocycles. The molecule has 6 atom stereocenters. The summed E-state index contributed by atoms with van der Waals surface area (Å²) in [5, 5.41) is 0.101. The number of hydrogen-bond donors (Lipinski definition) is 0. The lowest BCUT2D eigenvalue weighted by molar-refractivity contribution is -0.114. The van der Waals surface area contributed by atoms with Crippen LogP contribution in [0.5, 0.6) is 0 Å². The van der Waals surface area contributed by atoms with Crippen LogP contribution in [0.1, 0.15) is 46.5 Å². The molecule has 2 aliphatic carbocycles. The molecule has 2 saturated carbocycles. The normalized spacial score (nSPS) is 39.1. The van der Waals surface area contributed by atoms with Crippen LogP contribution < -0.4 is 0 Å². The van der Waals surface area contributed by atoms with Crippen molar-refractivity contribution in [3.05, 3.63) is 0 Å². The standard InChI is InChI=1S/C20H33BNO4Si/c1-19(2,3)27(4,5)26-12-16-18-14(10-23)9-15(11-24)20(18)8-6-7-17(20)22(16)21-13-25/h10-11,13-18H,6-9,12H2,1-5H3/t14?,15?,16-,17?,18?,20?/m1/s1. The van der Waals surface area contributed by atoms with Gasteiger partial charge in [-0.2, -0.15) is 0 Å². The lowest BCUT2D eigenvalue weighted by Crippen LogP contribution is -2.49. The average molecular weight is 390 g/mol. The first-order valence-corrected chi connectivity index (χ1v) is 13.2. The highest BCUT2D eigenvalue weighted by molar-refractivity contribution is 6.74. The average Bonchev–Trinajstić information content (AvgIpc) is 3.21. The number of carbonyl (C=O) groups is 3. The van der Waals surface area contributed by atoms with Crippen LogP contribution in [0.2, 0.25) is 18.1 Å². The maximum Gasteiger partial charge on any atom is 0.293 e. The van der Waals surface area contributed by atoms with Crippen LogP contribution >= 0.6 is 0 Å². The number of rotatable bonds is 7. The lowest BCUT2D eigenvalue weighted by Gasteiger charge is -2.39. The Hall–Kier alpha value is -0.788. The van der Waals surface area contributed by atoms with Crippen molar-refractivity contribution in [1.29, 1.82) is 0 Å². The van der Waals surface area contributed by atoms with Crippen molar-refractivity contribution in [1.82, 2.24) is 4.81 Å². The molecule has 1 spiro atoms. The summed E-state index contributed by atoms with van der Waals surface area (Å²) in [7, 11) is -0.313. The molecule has 1 radical (unpaired) electrons. The van der Waals surface area contributed by atoms with Gasteiger partial charge in [-0.3, -0.25) is 0 Å². The van der Waals surface area contributed by atoms with Gasteiger partial charge in [-0.25, -0.2) is 0 Å². The van der Waals surface area contributed by atoms with Crippen LogP contribution in [-0.4, -0.2) is 58.0 Å². The van der Waals surface area contributed by atoms with Gasteiger partial charge >= 0.3 is 0 Å². The molecular formula is C20H33BNO4Si. The van der Waals surface area contributed by atoms with Gasteiger partial charge in [-0.15, -0.1) is 0 Å². The summed E-state index contributed by atoms with van der Waals surface area (Å²) in [5.74, 6) is -0.122. The van der Waals surface area contributed by atoms with E-state index in [2.05, 4.69) is 38.7 Å². The Morgan fingerprint density at radius 3 is 2.48 bits per heavy atom. The maximum absolute atomic E-state index is 11.9. The van der Waals surface area contributed by atoms with Crippen LogP contribution in [0.25, 0.3) is 0 Å². The zero-order valence-corrected chi connectivity index (χ0v) is 18.3. The first-order valence-electron chi connectivity index (χ1n) is 10.2. The molecule has 7 heteroatoms. The second kappa shape index (κ2) is 7.23. The second-order valence-corrected chi connectivity index (χ2v) is 15.0. The van der Waals surface area contributed by atoms with E-state index in [4.69, 9.17) is 4.43 Å². The summed E-state index contributed by atoms with van der Waals surface area (Å²) in [4.78, 5) is 37.4. The van der Waals surface area contributed by atoms with E-state index in [1.165, 1.54) is 0 Å². The molecule has 3 rings (SSSR count). The van der Waals surface area contributed by atoms with Crippen molar-refractivity contribution in [2.75, 3.05) is 6.61 Å². The van der Waals surface area contributed by atoms with E-state index >= 15 is 0 Å². The Morgan fingerprint density at radius 2 is 1.93 bits per heavy atom. The Morgan fingerprint density at radius 1 is 1.22 bits per heavy atom. The Kier molecular flexibility index (Phi) is 5.61. The highest BCUT2D eigenvalue weighted by Crippen LogP contribution is 2.65. The van der Waals surface area contributed by atoms with Crippen LogP contribution in [0.15, 0.2) is 0 Å². The van der Waals surface area contributed by atoms with Gasteiger partial charge in [-0.1, -0.05) is 27.2 Å². The first kappa shape index (κ1) is 20.9. The third-order valence-corrected chi connectivity index (χ3v) is 12.7. The fourth-order valence-electron chi connectivity index (χ4n) is 5.96. The van der Waals surface area contributed by atoms with Crippen molar-refractivity contribution < 1.29 is 18.8 Å². The molecule has 0 amide bonds. The smallest absolute Gasteiger partial charge is 0.293 e. The van der Waals surface area contributed by atoms with Crippen molar-refractivity contribution >= 4 is 34.5 Å². The largest absolute Gasteiger partial charge is 0.415 e. The van der Waals surface area contributed by atoms with Gasteiger partial charge in [0.05, 0.1) is 6.19 Å². The highest BCUT2D eigenvalue weighted by atomic mass is 28.4. The van der Waals surface area contributed by atoms with Crippen molar-refractivity contribution in [3.8, 4) is 0 Å². The van der Waals surface area contributed by atoms with Crippen LogP contribution in [0, 0.1) is 23.2 Å². The quantitative estimate of drug-likeness (QED) is 0.494. The van der Waals surface area contributed by atoms with E-state index < -0.39 is 8.32 Å². The monoisotopic (exact) mass is 390 g/mol. The number of hydrogen-bond acceptors (Lipinski definition) is 5. The fraction of sp³-hybridized carbons (Fsp3) is 0.850. The van der Waals surface area contributed by atoms with Gasteiger partial charge in [0.15, 0.2) is 8.32 Å². The Bertz CT molecular complexity index is 607. The van der Waals surface area contributed by atoms with E-state index in [1.54, 1.807) is 7.41 Å². The molecule has 5 nitrogen and oxygen atoms in total. The third-order valence-electron chi connectivity index (χ3n) is 8.16. The third kappa shape index (κ3) is 3.10. The van der Waals surface area contributed by atoms with E-state index in [1.807, 2.05) is 0 Å². The summed E-state index contributed by atoms with van der Waals surface area (Å²) in [6, 6.07) is 0.163. The molecule has 5 unspecified atom stereocenters. The van der Waals surface area contributed by atoms with Crippen molar-refractivity contribution in [2.24, 2.45) is 23.2 Å². The Labute approximate surface area is 165 Å². The molecule has 3 aliphatic rings. The number of aldehydes is 2. The number of nitrogens with zero attached hydrogens (tertiary/aromatic N) is 1. The highest BCUT2D eigenvalue weighted by Gasteiger charge is 2.68. The van der Waals surface area contributed by atoms with Crippen molar-refractivity contribution in [2.45, 2.75) is 76.7 Å². The summed E-state index contributed by atoms with van der Waals surface area (Å²) in [6.45, 7) is 11.6. The van der Waals surface area contributed by atoms with Gasteiger partial charge in [-0.05, 0) is 48.7 Å². The molecule has 1 aliphatic heterocycles. The van der Waals surface area contributed by atoms with E-state index in [-0.39, 0.29) is 40.3 Å². The molecule has 0 bridgehead atoms. The lowest BCUT2D eigenvalue weighted by atomic mass is 9.68. The fourth-order valence-corrected chi connectivity index (χ4v) is 6.98.